The second-order valence-corrected chi connectivity index (χ2v) is 6.16. The molecule has 0 atom stereocenters. The van der Waals surface area contributed by atoms with Gasteiger partial charge in [-0.3, -0.25) is 4.79 Å². The van der Waals surface area contributed by atoms with E-state index in [2.05, 4.69) is 5.92 Å². The Morgan fingerprint density at radius 3 is 2.67 bits per heavy atom. The number of hydrogen-bond donors (Lipinski definition) is 1. The van der Waals surface area contributed by atoms with Crippen molar-refractivity contribution in [1.82, 2.24) is 0 Å². The Balaban J connectivity index is 2.69. The van der Waals surface area contributed by atoms with Gasteiger partial charge in [0.25, 0.3) is 0 Å². The first-order valence-corrected chi connectivity index (χ1v) is 7.37. The molecule has 2 aromatic rings. The zero-order chi connectivity index (χ0) is 17.9. The summed E-state index contributed by atoms with van der Waals surface area (Å²) in [6.07, 6.45) is 5.65. The van der Waals surface area contributed by atoms with Crippen LogP contribution in [0.3, 0.4) is 0 Å². The van der Waals surface area contributed by atoms with E-state index < -0.39 is 17.2 Å². The molecule has 4 nitrogen and oxygen atoms in total. The normalized spacial score (nSPS) is 11.3. The SMILES string of the molecule is C#Cc1c(F)ccc2cc(OCOC)cc(CC(C)(C)C(=O)O)c12. The Hall–Kier alpha value is -2.58. The van der Waals surface area contributed by atoms with E-state index >= 15 is 0 Å². The lowest BCUT2D eigenvalue weighted by Gasteiger charge is -2.21. The molecular weight excluding hydrogens is 311 g/mol. The minimum atomic E-state index is -1.04. The average Bonchev–Trinajstić information content (AvgIpc) is 2.52. The maximum atomic E-state index is 14.1. The van der Waals surface area contributed by atoms with Crippen molar-refractivity contribution in [3.05, 3.63) is 41.2 Å². The number of hydrogen-bond acceptors (Lipinski definition) is 3. The van der Waals surface area contributed by atoms with Gasteiger partial charge >= 0.3 is 5.97 Å². The van der Waals surface area contributed by atoms with Crippen molar-refractivity contribution in [3.63, 3.8) is 0 Å². The molecular formula is C19H19FO4. The van der Waals surface area contributed by atoms with E-state index in [-0.39, 0.29) is 18.8 Å². The zero-order valence-electron chi connectivity index (χ0n) is 13.9. The Morgan fingerprint density at radius 2 is 2.08 bits per heavy atom. The van der Waals surface area contributed by atoms with Gasteiger partial charge in [-0.1, -0.05) is 12.0 Å². The van der Waals surface area contributed by atoms with Crippen molar-refractivity contribution in [2.24, 2.45) is 5.41 Å². The van der Waals surface area contributed by atoms with E-state index in [0.29, 0.717) is 22.1 Å². The van der Waals surface area contributed by atoms with E-state index in [1.54, 1.807) is 32.0 Å². The first-order valence-electron chi connectivity index (χ1n) is 7.37. The predicted molar refractivity (Wildman–Crippen MR) is 89.5 cm³/mol. The fourth-order valence-electron chi connectivity index (χ4n) is 2.54. The van der Waals surface area contributed by atoms with Crippen LogP contribution in [0.25, 0.3) is 10.8 Å². The molecule has 2 rings (SSSR count). The largest absolute Gasteiger partial charge is 0.481 e. The predicted octanol–water partition coefficient (Wildman–Crippen LogP) is 3.60. The maximum absolute atomic E-state index is 14.1. The van der Waals surface area contributed by atoms with Gasteiger partial charge in [-0.05, 0) is 49.4 Å². The Bertz CT molecular complexity index is 818. The standard InChI is InChI=1S/C19H19FO4/c1-5-15-16(20)7-6-12-8-14(24-11-23-4)9-13(17(12)15)10-19(2,3)18(21)22/h1,6-9H,10-11H2,2-4H3,(H,21,22). The minimum absolute atomic E-state index is 0.0520. The van der Waals surface area contributed by atoms with Gasteiger partial charge in [0.2, 0.25) is 0 Å². The van der Waals surface area contributed by atoms with Gasteiger partial charge in [0.1, 0.15) is 11.6 Å². The summed E-state index contributed by atoms with van der Waals surface area (Å²) in [5, 5.41) is 10.6. The highest BCUT2D eigenvalue weighted by atomic mass is 19.1. The molecule has 0 bridgehead atoms. The van der Waals surface area contributed by atoms with Gasteiger partial charge in [0.05, 0.1) is 11.0 Å². The number of rotatable bonds is 6. The number of fused-ring (bicyclic) bond motifs is 1. The first kappa shape index (κ1) is 17.8. The average molecular weight is 330 g/mol. The summed E-state index contributed by atoms with van der Waals surface area (Å²) >= 11 is 0. The third-order valence-corrected chi connectivity index (χ3v) is 3.82. The van der Waals surface area contributed by atoms with Crippen LogP contribution in [-0.4, -0.2) is 25.0 Å². The summed E-state index contributed by atoms with van der Waals surface area (Å²) in [7, 11) is 1.50. The number of terminal acetylenes is 1. The monoisotopic (exact) mass is 330 g/mol. The van der Waals surface area contributed by atoms with Crippen LogP contribution < -0.4 is 4.74 Å². The summed E-state index contributed by atoms with van der Waals surface area (Å²) < 4.78 is 24.4. The number of benzene rings is 2. The molecule has 0 spiro atoms. The third-order valence-electron chi connectivity index (χ3n) is 3.82. The molecule has 1 N–H and O–H groups in total. The molecule has 0 fully saturated rings. The fraction of sp³-hybridized carbons (Fsp3) is 0.316. The number of carboxylic acids is 1. The lowest BCUT2D eigenvalue weighted by molar-refractivity contribution is -0.146. The second-order valence-electron chi connectivity index (χ2n) is 6.16. The van der Waals surface area contributed by atoms with Crippen LogP contribution in [0, 0.1) is 23.6 Å². The van der Waals surface area contributed by atoms with Crippen molar-refractivity contribution in [2.75, 3.05) is 13.9 Å². The van der Waals surface area contributed by atoms with Gasteiger partial charge < -0.3 is 14.6 Å². The number of carboxylic acid groups (broad SMARTS) is 1. The molecule has 0 aliphatic carbocycles. The lowest BCUT2D eigenvalue weighted by atomic mass is 9.83. The Labute approximate surface area is 140 Å². The van der Waals surface area contributed by atoms with E-state index in [0.717, 1.165) is 0 Å². The molecule has 0 saturated heterocycles. The van der Waals surface area contributed by atoms with Crippen molar-refractivity contribution in [1.29, 1.82) is 0 Å². The molecule has 0 aliphatic heterocycles. The third kappa shape index (κ3) is 3.50. The van der Waals surface area contributed by atoms with Gasteiger partial charge in [-0.2, -0.15) is 0 Å². The number of halogens is 1. The summed E-state index contributed by atoms with van der Waals surface area (Å²) in [6, 6.07) is 6.31. The van der Waals surface area contributed by atoms with Gasteiger partial charge in [-0.25, -0.2) is 4.39 Å². The molecule has 0 aromatic heterocycles. The molecule has 0 unspecified atom stereocenters. The molecule has 0 heterocycles. The van der Waals surface area contributed by atoms with Crippen molar-refractivity contribution in [2.45, 2.75) is 20.3 Å². The van der Waals surface area contributed by atoms with Crippen molar-refractivity contribution >= 4 is 16.7 Å². The van der Waals surface area contributed by atoms with E-state index in [1.165, 1.54) is 13.2 Å². The topological polar surface area (TPSA) is 55.8 Å². The molecule has 0 aliphatic rings. The maximum Gasteiger partial charge on any atom is 0.309 e. The van der Waals surface area contributed by atoms with Crippen LogP contribution in [0.2, 0.25) is 0 Å². The van der Waals surface area contributed by atoms with E-state index in [9.17, 15) is 14.3 Å². The van der Waals surface area contributed by atoms with Gasteiger partial charge in [0.15, 0.2) is 6.79 Å². The first-order chi connectivity index (χ1) is 11.3. The van der Waals surface area contributed by atoms with Crippen molar-refractivity contribution in [3.8, 4) is 18.1 Å². The summed E-state index contributed by atoms with van der Waals surface area (Å²) in [5.74, 6) is 1.42. The number of ether oxygens (including phenoxy) is 2. The smallest absolute Gasteiger partial charge is 0.309 e. The number of methoxy groups -OCH3 is 1. The van der Waals surface area contributed by atoms with Gasteiger partial charge in [-0.15, -0.1) is 6.42 Å². The van der Waals surface area contributed by atoms with Crippen LogP contribution in [0.15, 0.2) is 24.3 Å². The molecule has 5 heteroatoms. The highest BCUT2D eigenvalue weighted by molar-refractivity contribution is 5.93. The Kier molecular flexibility index (Phi) is 5.10. The van der Waals surface area contributed by atoms with Crippen LogP contribution in [0.4, 0.5) is 4.39 Å². The van der Waals surface area contributed by atoms with E-state index in [4.69, 9.17) is 15.9 Å². The van der Waals surface area contributed by atoms with Crippen LogP contribution in [0.5, 0.6) is 5.75 Å². The van der Waals surface area contributed by atoms with Crippen LogP contribution in [-0.2, 0) is 16.0 Å². The second kappa shape index (κ2) is 6.90. The Morgan fingerprint density at radius 1 is 1.38 bits per heavy atom. The number of carbonyl (C=O) groups is 1. The van der Waals surface area contributed by atoms with Crippen LogP contribution in [0.1, 0.15) is 25.0 Å². The molecule has 126 valence electrons. The summed E-state index contributed by atoms with van der Waals surface area (Å²) in [4.78, 5) is 11.5. The van der Waals surface area contributed by atoms with Crippen LogP contribution >= 0.6 is 0 Å². The number of aliphatic carboxylic acids is 1. The molecule has 0 amide bonds. The summed E-state index contributed by atoms with van der Waals surface area (Å²) in [6.45, 7) is 3.27. The summed E-state index contributed by atoms with van der Waals surface area (Å²) in [5.41, 5.74) is -0.286. The zero-order valence-corrected chi connectivity index (χ0v) is 13.9. The van der Waals surface area contributed by atoms with Gasteiger partial charge in [0, 0.05) is 12.5 Å². The quantitative estimate of drug-likeness (QED) is 0.649. The highest BCUT2D eigenvalue weighted by Crippen LogP contribution is 2.34. The minimum Gasteiger partial charge on any atom is -0.481 e. The molecule has 0 saturated carbocycles. The molecule has 0 radical (unpaired) electrons. The van der Waals surface area contributed by atoms with Crippen molar-refractivity contribution < 1.29 is 23.8 Å². The molecule has 2 aromatic carbocycles. The fourth-order valence-corrected chi connectivity index (χ4v) is 2.54. The lowest BCUT2D eigenvalue weighted by Crippen LogP contribution is -2.26. The highest BCUT2D eigenvalue weighted by Gasteiger charge is 2.29. The molecule has 24 heavy (non-hydrogen) atoms. The van der Waals surface area contributed by atoms with E-state index in [1.807, 2.05) is 0 Å².